The minimum Gasteiger partial charge on any atom is -0.469 e. The molecule has 2 aromatic heterocycles. The number of hydrogen-bond donors (Lipinski definition) is 1. The Bertz CT molecular complexity index is 767. The summed E-state index contributed by atoms with van der Waals surface area (Å²) in [7, 11) is 1.31. The van der Waals surface area contributed by atoms with E-state index < -0.39 is 17.9 Å². The zero-order valence-electron chi connectivity index (χ0n) is 14.0. The summed E-state index contributed by atoms with van der Waals surface area (Å²) >= 11 is 12.4. The lowest BCUT2D eigenvalue weighted by Crippen LogP contribution is -2.50. The molecule has 0 bridgehead atoms. The molecule has 1 aliphatic rings. The Morgan fingerprint density at radius 2 is 2.04 bits per heavy atom. The van der Waals surface area contributed by atoms with Crippen molar-refractivity contribution in [1.82, 2.24) is 19.9 Å². The molecule has 4 unspecified atom stereocenters. The van der Waals surface area contributed by atoms with Gasteiger partial charge >= 0.3 is 5.97 Å². The second-order valence-corrected chi connectivity index (χ2v) is 7.21. The molecule has 2 aromatic rings. The summed E-state index contributed by atoms with van der Waals surface area (Å²) in [5.74, 6) is -1.32. The number of carbonyl (C=O) groups is 2. The largest absolute Gasteiger partial charge is 0.469 e. The van der Waals surface area contributed by atoms with Crippen molar-refractivity contribution in [1.29, 1.82) is 0 Å². The molecule has 1 aliphatic carbocycles. The van der Waals surface area contributed by atoms with Gasteiger partial charge in [-0.25, -0.2) is 9.97 Å². The lowest BCUT2D eigenvalue weighted by molar-refractivity contribution is -0.147. The molecule has 0 aliphatic heterocycles. The first-order valence-electron chi connectivity index (χ1n) is 8.10. The van der Waals surface area contributed by atoms with Crippen LogP contribution in [-0.2, 0) is 9.53 Å². The zero-order chi connectivity index (χ0) is 18.7. The van der Waals surface area contributed by atoms with Crippen molar-refractivity contribution in [3.05, 3.63) is 42.7 Å². The maximum atomic E-state index is 12.5. The van der Waals surface area contributed by atoms with Crippen molar-refractivity contribution in [2.75, 3.05) is 7.11 Å². The molecule has 0 aromatic carbocycles. The van der Waals surface area contributed by atoms with Crippen LogP contribution in [0.3, 0.4) is 0 Å². The van der Waals surface area contributed by atoms with Gasteiger partial charge in [0.05, 0.1) is 42.0 Å². The Morgan fingerprint density at radius 1 is 1.27 bits per heavy atom. The number of esters is 1. The van der Waals surface area contributed by atoms with Gasteiger partial charge in [-0.2, -0.15) is 0 Å². The monoisotopic (exact) mass is 396 g/mol. The number of carbonyl (C=O) groups excluding carboxylic acids is 2. The van der Waals surface area contributed by atoms with E-state index in [-0.39, 0.29) is 22.4 Å². The molecule has 0 saturated heterocycles. The van der Waals surface area contributed by atoms with E-state index in [1.54, 1.807) is 41.6 Å². The van der Waals surface area contributed by atoms with Crippen LogP contribution in [0.5, 0.6) is 0 Å². The molecule has 2 heterocycles. The van der Waals surface area contributed by atoms with Gasteiger partial charge in [-0.05, 0) is 25.0 Å². The van der Waals surface area contributed by atoms with E-state index in [1.807, 2.05) is 0 Å². The number of halogens is 2. The fourth-order valence-corrected chi connectivity index (χ4v) is 3.60. The van der Waals surface area contributed by atoms with Crippen LogP contribution in [0, 0.1) is 5.92 Å². The van der Waals surface area contributed by atoms with E-state index in [1.165, 1.54) is 7.11 Å². The van der Waals surface area contributed by atoms with Gasteiger partial charge in [0.15, 0.2) is 0 Å². The number of nitrogens with one attached hydrogen (secondary N) is 1. The third kappa shape index (κ3) is 3.99. The number of ether oxygens (including phenoxy) is 1. The van der Waals surface area contributed by atoms with Crippen LogP contribution in [-0.4, -0.2) is 50.3 Å². The number of imidazole rings is 1. The normalized spacial score (nSPS) is 25.5. The molecule has 1 fully saturated rings. The summed E-state index contributed by atoms with van der Waals surface area (Å²) in [6.07, 6.45) is 7.39. The number of rotatable bonds is 4. The molecule has 26 heavy (non-hydrogen) atoms. The first-order valence-corrected chi connectivity index (χ1v) is 8.98. The molecule has 7 nitrogen and oxygen atoms in total. The molecule has 1 N–H and O–H groups in total. The molecule has 1 saturated carbocycles. The number of pyridine rings is 1. The lowest BCUT2D eigenvalue weighted by atomic mass is 9.83. The molecule has 1 amide bonds. The van der Waals surface area contributed by atoms with Crippen LogP contribution >= 0.6 is 23.2 Å². The van der Waals surface area contributed by atoms with Crippen molar-refractivity contribution in [3.8, 4) is 5.69 Å². The van der Waals surface area contributed by atoms with Gasteiger partial charge in [0.25, 0.3) is 5.91 Å². The smallest absolute Gasteiger partial charge is 0.310 e. The highest BCUT2D eigenvalue weighted by Gasteiger charge is 2.40. The molecule has 3 rings (SSSR count). The average Bonchev–Trinajstić information content (AvgIpc) is 3.18. The van der Waals surface area contributed by atoms with Gasteiger partial charge in [0.1, 0.15) is 5.69 Å². The third-order valence-electron chi connectivity index (χ3n) is 4.44. The average molecular weight is 397 g/mol. The second kappa shape index (κ2) is 8.05. The molecule has 4 atom stereocenters. The van der Waals surface area contributed by atoms with Crippen LogP contribution in [0.2, 0.25) is 0 Å². The fourth-order valence-electron chi connectivity index (χ4n) is 3.01. The van der Waals surface area contributed by atoms with Crippen molar-refractivity contribution in [3.63, 3.8) is 0 Å². The summed E-state index contributed by atoms with van der Waals surface area (Å²) in [6.45, 7) is 0. The van der Waals surface area contributed by atoms with Crippen molar-refractivity contribution >= 4 is 35.1 Å². The lowest BCUT2D eigenvalue weighted by Gasteiger charge is -2.35. The summed E-state index contributed by atoms with van der Waals surface area (Å²) in [4.78, 5) is 32.7. The van der Waals surface area contributed by atoms with E-state index in [2.05, 4.69) is 15.3 Å². The number of alkyl halides is 2. The van der Waals surface area contributed by atoms with Crippen LogP contribution in [0.25, 0.3) is 5.69 Å². The minimum atomic E-state index is -0.535. The highest BCUT2D eigenvalue weighted by atomic mass is 35.5. The summed E-state index contributed by atoms with van der Waals surface area (Å²) in [5.41, 5.74) is 1.03. The number of amides is 1. The molecule has 0 radical (unpaired) electrons. The molecule has 0 spiro atoms. The van der Waals surface area contributed by atoms with Crippen molar-refractivity contribution in [2.45, 2.75) is 29.6 Å². The third-order valence-corrected chi connectivity index (χ3v) is 5.53. The number of aromatic nitrogens is 3. The zero-order valence-corrected chi connectivity index (χ0v) is 15.5. The Hall–Kier alpha value is -2.12. The van der Waals surface area contributed by atoms with Gasteiger partial charge in [-0.15, -0.1) is 23.2 Å². The SMILES string of the molecule is COC(=O)C1CC(Cl)C(Cl)CC1NC(=O)c1ccc(-n2ccnc2)cn1. The maximum absolute atomic E-state index is 12.5. The maximum Gasteiger partial charge on any atom is 0.310 e. The predicted octanol–water partition coefficient (Wildman–Crippen LogP) is 2.16. The predicted molar refractivity (Wildman–Crippen MR) is 96.6 cm³/mol. The topological polar surface area (TPSA) is 86.1 Å². The highest BCUT2D eigenvalue weighted by Crippen LogP contribution is 2.33. The van der Waals surface area contributed by atoms with Crippen LogP contribution in [0.1, 0.15) is 23.3 Å². The van der Waals surface area contributed by atoms with E-state index in [0.29, 0.717) is 12.8 Å². The standard InChI is InChI=1S/C17H18Cl2N4O3/c1-26-17(25)11-6-12(18)13(19)7-15(11)22-16(24)14-3-2-10(8-21-14)23-5-4-20-9-23/h2-5,8-9,11-13,15H,6-7H2,1H3,(H,22,24). The summed E-state index contributed by atoms with van der Waals surface area (Å²) in [5, 5.41) is 2.16. The van der Waals surface area contributed by atoms with Crippen molar-refractivity contribution in [2.24, 2.45) is 5.92 Å². The van der Waals surface area contributed by atoms with Gasteiger partial charge in [-0.1, -0.05) is 0 Å². The first-order chi connectivity index (χ1) is 12.5. The Kier molecular flexibility index (Phi) is 5.78. The van der Waals surface area contributed by atoms with Gasteiger partial charge in [0.2, 0.25) is 0 Å². The molecule has 9 heteroatoms. The van der Waals surface area contributed by atoms with Gasteiger partial charge < -0.3 is 14.6 Å². The Balaban J connectivity index is 1.72. The second-order valence-electron chi connectivity index (χ2n) is 6.08. The van der Waals surface area contributed by atoms with Crippen molar-refractivity contribution < 1.29 is 14.3 Å². The Labute approximate surface area is 160 Å². The molecular formula is C17H18Cl2N4O3. The number of methoxy groups -OCH3 is 1. The number of nitrogens with zero attached hydrogens (tertiary/aromatic N) is 3. The van der Waals surface area contributed by atoms with Crippen LogP contribution < -0.4 is 5.32 Å². The Morgan fingerprint density at radius 3 is 2.65 bits per heavy atom. The highest BCUT2D eigenvalue weighted by molar-refractivity contribution is 6.30. The minimum absolute atomic E-state index is 0.247. The van der Waals surface area contributed by atoms with Crippen LogP contribution in [0.4, 0.5) is 0 Å². The fraction of sp³-hybridized carbons (Fsp3) is 0.412. The molecular weight excluding hydrogens is 379 g/mol. The van der Waals surface area contributed by atoms with Gasteiger partial charge in [0, 0.05) is 18.4 Å². The summed E-state index contributed by atoms with van der Waals surface area (Å²) in [6, 6.07) is 2.92. The first kappa shape index (κ1) is 18.7. The molecule has 138 valence electrons. The van der Waals surface area contributed by atoms with E-state index in [0.717, 1.165) is 5.69 Å². The van der Waals surface area contributed by atoms with E-state index >= 15 is 0 Å². The number of hydrogen-bond acceptors (Lipinski definition) is 5. The van der Waals surface area contributed by atoms with E-state index in [9.17, 15) is 9.59 Å². The summed E-state index contributed by atoms with van der Waals surface area (Å²) < 4.78 is 6.61. The quantitative estimate of drug-likeness (QED) is 0.631. The van der Waals surface area contributed by atoms with Gasteiger partial charge in [-0.3, -0.25) is 9.59 Å². The van der Waals surface area contributed by atoms with Crippen LogP contribution in [0.15, 0.2) is 37.1 Å². The van der Waals surface area contributed by atoms with E-state index in [4.69, 9.17) is 27.9 Å².